The van der Waals surface area contributed by atoms with Gasteiger partial charge in [0.2, 0.25) is 5.95 Å². The minimum Gasteiger partial charge on any atom is -0.378 e. The average molecular weight is 377 g/mol. The van der Waals surface area contributed by atoms with Crippen molar-refractivity contribution in [2.75, 3.05) is 12.8 Å². The molecule has 0 fully saturated rings. The van der Waals surface area contributed by atoms with Crippen molar-refractivity contribution in [2.45, 2.75) is 26.5 Å². The lowest BCUT2D eigenvalue weighted by atomic mass is 10.0. The van der Waals surface area contributed by atoms with Gasteiger partial charge in [-0.2, -0.15) is 5.10 Å². The van der Waals surface area contributed by atoms with E-state index in [1.807, 2.05) is 36.4 Å². The van der Waals surface area contributed by atoms with Gasteiger partial charge in [0.1, 0.15) is 11.4 Å². The fourth-order valence-corrected chi connectivity index (χ4v) is 2.94. The first-order chi connectivity index (χ1) is 13.7. The Morgan fingerprint density at radius 1 is 1.11 bits per heavy atom. The number of ether oxygens (including phenoxy) is 1. The fourth-order valence-electron chi connectivity index (χ4n) is 2.94. The summed E-state index contributed by atoms with van der Waals surface area (Å²) in [5.74, 6) is 5.80. The van der Waals surface area contributed by atoms with Crippen LogP contribution in [-0.4, -0.2) is 34.0 Å². The number of hydrazone groups is 1. The van der Waals surface area contributed by atoms with E-state index in [0.29, 0.717) is 24.6 Å². The molecule has 2 aromatic heterocycles. The third kappa shape index (κ3) is 4.29. The zero-order valence-electron chi connectivity index (χ0n) is 16.0. The molecule has 0 saturated carbocycles. The van der Waals surface area contributed by atoms with Crippen molar-refractivity contribution in [2.24, 2.45) is 15.9 Å². The van der Waals surface area contributed by atoms with Gasteiger partial charge in [-0.15, -0.1) is 0 Å². The molecule has 0 aliphatic carbocycles. The van der Waals surface area contributed by atoms with E-state index in [1.165, 1.54) is 0 Å². The van der Waals surface area contributed by atoms with Crippen LogP contribution in [0.4, 0.5) is 5.95 Å². The van der Waals surface area contributed by atoms with Gasteiger partial charge in [-0.25, -0.2) is 9.97 Å². The normalized spacial score (nSPS) is 12.1. The summed E-state index contributed by atoms with van der Waals surface area (Å²) in [5, 5.41) is 4.70. The monoisotopic (exact) mass is 377 g/mol. The molecule has 4 N–H and O–H groups in total. The molecule has 1 aromatic carbocycles. The van der Waals surface area contributed by atoms with Crippen molar-refractivity contribution >= 4 is 28.8 Å². The number of aryl methyl sites for hydroxylation is 1. The molecule has 3 aromatic rings. The van der Waals surface area contributed by atoms with Crippen LogP contribution in [0.3, 0.4) is 0 Å². The van der Waals surface area contributed by atoms with E-state index in [1.54, 1.807) is 13.3 Å². The molecule has 0 radical (unpaired) electrons. The Kier molecular flexibility index (Phi) is 6.23. The van der Waals surface area contributed by atoms with Gasteiger partial charge in [-0.1, -0.05) is 31.2 Å². The van der Waals surface area contributed by atoms with E-state index in [0.717, 1.165) is 34.3 Å². The summed E-state index contributed by atoms with van der Waals surface area (Å²) in [6.45, 7) is 2.91. The quantitative estimate of drug-likeness (QED) is 0.370. The van der Waals surface area contributed by atoms with Crippen LogP contribution in [0.25, 0.3) is 10.9 Å². The number of benzene rings is 1. The van der Waals surface area contributed by atoms with Gasteiger partial charge < -0.3 is 16.3 Å². The summed E-state index contributed by atoms with van der Waals surface area (Å²) in [5.41, 5.74) is 10.5. The summed E-state index contributed by atoms with van der Waals surface area (Å²) in [7, 11) is 1.64. The van der Waals surface area contributed by atoms with Gasteiger partial charge in [0, 0.05) is 12.5 Å². The van der Waals surface area contributed by atoms with E-state index in [2.05, 4.69) is 32.0 Å². The molecule has 0 unspecified atom stereocenters. The van der Waals surface area contributed by atoms with Gasteiger partial charge in [-0.05, 0) is 24.1 Å². The molecular formula is C20H23N7O. The number of aromatic nitrogens is 3. The minimum atomic E-state index is 0.173. The number of nitrogens with two attached hydrogens (primary N) is 2. The van der Waals surface area contributed by atoms with Crippen molar-refractivity contribution in [1.29, 1.82) is 0 Å². The number of fused-ring (bicyclic) bond motifs is 1. The fraction of sp³-hybridized carbons (Fsp3) is 0.250. The predicted octanol–water partition coefficient (Wildman–Crippen LogP) is 2.25. The van der Waals surface area contributed by atoms with Crippen LogP contribution >= 0.6 is 0 Å². The second-order valence-corrected chi connectivity index (χ2v) is 6.13. The Labute approximate surface area is 163 Å². The lowest BCUT2D eigenvalue weighted by Gasteiger charge is -2.09. The van der Waals surface area contributed by atoms with Crippen LogP contribution in [0.1, 0.15) is 29.6 Å². The topological polar surface area (TPSA) is 125 Å². The summed E-state index contributed by atoms with van der Waals surface area (Å²) in [6.07, 6.45) is 2.42. The van der Waals surface area contributed by atoms with Crippen LogP contribution in [0.2, 0.25) is 0 Å². The third-order valence-corrected chi connectivity index (χ3v) is 4.21. The van der Waals surface area contributed by atoms with Gasteiger partial charge in [0.15, 0.2) is 0 Å². The highest BCUT2D eigenvalue weighted by Crippen LogP contribution is 2.21. The lowest BCUT2D eigenvalue weighted by molar-refractivity contribution is 0.181. The number of para-hydroxylation sites is 1. The van der Waals surface area contributed by atoms with E-state index in [9.17, 15) is 0 Å². The summed E-state index contributed by atoms with van der Waals surface area (Å²) in [4.78, 5) is 17.6. The maximum Gasteiger partial charge on any atom is 0.221 e. The minimum absolute atomic E-state index is 0.173. The molecule has 2 heterocycles. The first kappa shape index (κ1) is 19.4. The standard InChI is InChI=1S/C20H23N7O/c1-3-13-6-4-9-16-18(13)25-20(21)26-19(16)17(27-22)11-23-10-14-7-5-8-15(24-14)12-28-2/h4-9,11H,3,10,12,22H2,1-2H3,(H2,21,25,26). The number of anilines is 1. The Balaban J connectivity index is 1.90. The number of aliphatic imine (C=N–C) groups is 1. The molecule has 28 heavy (non-hydrogen) atoms. The van der Waals surface area contributed by atoms with Crippen molar-refractivity contribution in [3.63, 3.8) is 0 Å². The Bertz CT molecular complexity index is 1030. The van der Waals surface area contributed by atoms with Crippen molar-refractivity contribution in [1.82, 2.24) is 15.0 Å². The second kappa shape index (κ2) is 9.01. The van der Waals surface area contributed by atoms with Crippen LogP contribution in [-0.2, 0) is 24.3 Å². The van der Waals surface area contributed by atoms with Crippen molar-refractivity contribution in [3.05, 3.63) is 59.0 Å². The maximum absolute atomic E-state index is 5.92. The number of hydrogen-bond acceptors (Lipinski definition) is 8. The maximum atomic E-state index is 5.92. The summed E-state index contributed by atoms with van der Waals surface area (Å²) >= 11 is 0. The second-order valence-electron chi connectivity index (χ2n) is 6.13. The predicted molar refractivity (Wildman–Crippen MR) is 111 cm³/mol. The molecule has 8 nitrogen and oxygen atoms in total. The highest BCUT2D eigenvalue weighted by atomic mass is 16.5. The first-order valence-electron chi connectivity index (χ1n) is 8.93. The van der Waals surface area contributed by atoms with Crippen LogP contribution in [0.15, 0.2) is 46.5 Å². The Morgan fingerprint density at radius 3 is 2.64 bits per heavy atom. The van der Waals surface area contributed by atoms with Gasteiger partial charge >= 0.3 is 0 Å². The SMILES string of the molecule is CCc1cccc2c(C(C=NCc3cccc(COC)n3)=NN)nc(N)nc12. The van der Waals surface area contributed by atoms with Crippen LogP contribution in [0, 0.1) is 0 Å². The van der Waals surface area contributed by atoms with Crippen molar-refractivity contribution < 1.29 is 4.74 Å². The van der Waals surface area contributed by atoms with Gasteiger partial charge in [0.05, 0.1) is 36.3 Å². The molecule has 0 aliphatic heterocycles. The zero-order valence-corrected chi connectivity index (χ0v) is 16.0. The number of pyridine rings is 1. The van der Waals surface area contributed by atoms with E-state index >= 15 is 0 Å². The molecular weight excluding hydrogens is 354 g/mol. The van der Waals surface area contributed by atoms with Gasteiger partial charge in [-0.3, -0.25) is 9.98 Å². The number of rotatable bonds is 7. The van der Waals surface area contributed by atoms with Crippen LogP contribution in [0.5, 0.6) is 0 Å². The largest absolute Gasteiger partial charge is 0.378 e. The molecule has 0 bridgehead atoms. The first-order valence-corrected chi connectivity index (χ1v) is 8.93. The van der Waals surface area contributed by atoms with E-state index in [4.69, 9.17) is 16.3 Å². The summed E-state index contributed by atoms with van der Waals surface area (Å²) in [6, 6.07) is 11.6. The van der Waals surface area contributed by atoms with Gasteiger partial charge in [0.25, 0.3) is 0 Å². The molecule has 0 amide bonds. The smallest absolute Gasteiger partial charge is 0.221 e. The Hall–Kier alpha value is -3.39. The lowest BCUT2D eigenvalue weighted by Crippen LogP contribution is -2.12. The molecule has 0 atom stereocenters. The number of hydrogen-bond donors (Lipinski definition) is 2. The van der Waals surface area contributed by atoms with Crippen LogP contribution < -0.4 is 11.6 Å². The molecule has 0 saturated heterocycles. The van der Waals surface area contributed by atoms with E-state index < -0.39 is 0 Å². The molecule has 0 spiro atoms. The molecule has 0 aliphatic rings. The number of nitrogen functional groups attached to an aromatic ring is 1. The van der Waals surface area contributed by atoms with Crippen molar-refractivity contribution in [3.8, 4) is 0 Å². The van der Waals surface area contributed by atoms with E-state index in [-0.39, 0.29) is 5.95 Å². The molecule has 8 heteroatoms. The molecule has 144 valence electrons. The Morgan fingerprint density at radius 2 is 1.89 bits per heavy atom. The highest BCUT2D eigenvalue weighted by Gasteiger charge is 2.13. The summed E-state index contributed by atoms with van der Waals surface area (Å²) < 4.78 is 5.11. The average Bonchev–Trinajstić information content (AvgIpc) is 2.71. The zero-order chi connectivity index (χ0) is 19.9. The number of nitrogens with zero attached hydrogens (tertiary/aromatic N) is 5. The highest BCUT2D eigenvalue weighted by molar-refractivity contribution is 6.40. The third-order valence-electron chi connectivity index (χ3n) is 4.21. The number of methoxy groups -OCH3 is 1. The molecule has 3 rings (SSSR count).